The fourth-order valence-corrected chi connectivity index (χ4v) is 5.34. The van der Waals surface area contributed by atoms with Gasteiger partial charge >= 0.3 is 0 Å². The van der Waals surface area contributed by atoms with Crippen LogP contribution >= 0.6 is 43.2 Å². The lowest BCUT2D eigenvalue weighted by Crippen LogP contribution is -2.31. The predicted molar refractivity (Wildman–Crippen MR) is 88.4 cm³/mol. The van der Waals surface area contributed by atoms with E-state index in [0.717, 1.165) is 39.7 Å². The van der Waals surface area contributed by atoms with Crippen molar-refractivity contribution in [1.82, 2.24) is 4.90 Å². The highest BCUT2D eigenvalue weighted by Crippen LogP contribution is 2.41. The van der Waals surface area contributed by atoms with Crippen molar-refractivity contribution in [3.05, 3.63) is 31.4 Å². The Labute approximate surface area is 139 Å². The summed E-state index contributed by atoms with van der Waals surface area (Å²) in [5.41, 5.74) is 1.03. The molecule has 1 aromatic heterocycles. The van der Waals surface area contributed by atoms with Crippen LogP contribution in [-0.4, -0.2) is 23.3 Å². The van der Waals surface area contributed by atoms with Gasteiger partial charge in [-0.15, -0.1) is 17.9 Å². The Morgan fingerprint density at radius 2 is 1.55 bits per heavy atom. The largest absolute Gasteiger partial charge is 0.274 e. The number of allylic oxidation sites excluding steroid dienone is 1. The van der Waals surface area contributed by atoms with Crippen LogP contribution in [0.4, 0.5) is 0 Å². The molecule has 0 spiro atoms. The molecule has 1 aliphatic heterocycles. The van der Waals surface area contributed by atoms with Crippen LogP contribution in [0.5, 0.6) is 0 Å². The van der Waals surface area contributed by atoms with Crippen molar-refractivity contribution in [2.75, 3.05) is 6.54 Å². The minimum Gasteiger partial charge on any atom is -0.274 e. The number of hydrogen-bond acceptors (Lipinski definition) is 3. The van der Waals surface area contributed by atoms with Gasteiger partial charge in [0.2, 0.25) is 0 Å². The molecule has 20 heavy (non-hydrogen) atoms. The Kier molecular flexibility index (Phi) is 5.57. The molecule has 0 aromatic carbocycles. The van der Waals surface area contributed by atoms with Crippen molar-refractivity contribution in [2.24, 2.45) is 0 Å². The van der Waals surface area contributed by atoms with E-state index in [1.54, 1.807) is 0 Å². The van der Waals surface area contributed by atoms with E-state index in [2.05, 4.69) is 38.4 Å². The fraction of sp³-hybridized carbons (Fsp3) is 0.429. The first-order valence-electron chi connectivity index (χ1n) is 6.52. The first kappa shape index (κ1) is 15.9. The quantitative estimate of drug-likeness (QED) is 0.353. The molecule has 1 aliphatic rings. The van der Waals surface area contributed by atoms with Crippen molar-refractivity contribution >= 4 is 55.0 Å². The Hall–Kier alpha value is -0.460. The summed E-state index contributed by atoms with van der Waals surface area (Å²) >= 11 is 8.08. The van der Waals surface area contributed by atoms with Crippen LogP contribution in [-0.2, 0) is 0 Å². The zero-order chi connectivity index (χ0) is 14.7. The third kappa shape index (κ3) is 3.07. The molecule has 6 heteroatoms. The SMILES string of the molecule is C=CCCCCCCN1C(=O)c2c(Br)sc(Br)c2C1=O. The van der Waals surface area contributed by atoms with Gasteiger partial charge in [0.15, 0.2) is 0 Å². The first-order valence-corrected chi connectivity index (χ1v) is 8.93. The third-order valence-electron chi connectivity index (χ3n) is 3.28. The Morgan fingerprint density at radius 3 is 2.10 bits per heavy atom. The van der Waals surface area contributed by atoms with Gasteiger partial charge < -0.3 is 0 Å². The van der Waals surface area contributed by atoms with Gasteiger partial charge in [0.1, 0.15) is 0 Å². The number of rotatable bonds is 7. The van der Waals surface area contributed by atoms with Gasteiger partial charge in [-0.05, 0) is 51.1 Å². The van der Waals surface area contributed by atoms with Crippen molar-refractivity contribution < 1.29 is 9.59 Å². The van der Waals surface area contributed by atoms with Gasteiger partial charge in [-0.3, -0.25) is 14.5 Å². The van der Waals surface area contributed by atoms with Crippen LogP contribution in [0.25, 0.3) is 0 Å². The third-order valence-corrected chi connectivity index (χ3v) is 5.81. The second-order valence-corrected chi connectivity index (χ2v) is 8.31. The van der Waals surface area contributed by atoms with E-state index in [9.17, 15) is 9.59 Å². The molecular formula is C14H15Br2NO2S. The van der Waals surface area contributed by atoms with Gasteiger partial charge in [-0.25, -0.2) is 0 Å². The fourth-order valence-electron chi connectivity index (χ4n) is 2.24. The zero-order valence-electron chi connectivity index (χ0n) is 11.0. The maximum Gasteiger partial charge on any atom is 0.263 e. The lowest BCUT2D eigenvalue weighted by Gasteiger charge is -2.13. The Morgan fingerprint density at radius 1 is 1.00 bits per heavy atom. The summed E-state index contributed by atoms with van der Waals surface area (Å²) in [4.78, 5) is 25.9. The van der Waals surface area contributed by atoms with Crippen LogP contribution < -0.4 is 0 Å². The molecule has 0 saturated heterocycles. The highest BCUT2D eigenvalue weighted by Gasteiger charge is 2.40. The van der Waals surface area contributed by atoms with Gasteiger partial charge in [0.25, 0.3) is 11.8 Å². The van der Waals surface area contributed by atoms with Crippen molar-refractivity contribution in [3.63, 3.8) is 0 Å². The summed E-state index contributed by atoms with van der Waals surface area (Å²) in [6, 6.07) is 0. The molecule has 0 radical (unpaired) electrons. The van der Waals surface area contributed by atoms with Gasteiger partial charge in [0.05, 0.1) is 18.7 Å². The predicted octanol–water partition coefficient (Wildman–Crippen LogP) is 5.01. The van der Waals surface area contributed by atoms with E-state index < -0.39 is 0 Å². The van der Waals surface area contributed by atoms with Crippen molar-refractivity contribution in [2.45, 2.75) is 32.1 Å². The number of amides is 2. The molecule has 2 rings (SSSR count). The van der Waals surface area contributed by atoms with Crippen LogP contribution in [0.2, 0.25) is 0 Å². The monoisotopic (exact) mass is 419 g/mol. The van der Waals surface area contributed by atoms with Gasteiger partial charge in [0, 0.05) is 6.54 Å². The van der Waals surface area contributed by atoms with Crippen molar-refractivity contribution in [1.29, 1.82) is 0 Å². The van der Waals surface area contributed by atoms with Crippen molar-refractivity contribution in [3.8, 4) is 0 Å². The summed E-state index contributed by atoms with van der Waals surface area (Å²) < 4.78 is 1.46. The van der Waals surface area contributed by atoms with E-state index in [4.69, 9.17) is 0 Å². The Bertz CT molecular complexity index is 517. The average Bonchev–Trinajstić information content (AvgIpc) is 2.84. The lowest BCUT2D eigenvalue weighted by molar-refractivity contribution is 0.0651. The molecule has 0 bridgehead atoms. The minimum atomic E-state index is -0.176. The van der Waals surface area contributed by atoms with Crippen LogP contribution in [0.1, 0.15) is 52.8 Å². The molecule has 2 amide bonds. The number of hydrogen-bond donors (Lipinski definition) is 0. The number of carbonyl (C=O) groups excluding carboxylic acids is 2. The summed E-state index contributed by atoms with van der Waals surface area (Å²) in [5, 5.41) is 0. The number of imide groups is 1. The van der Waals surface area contributed by atoms with E-state index in [-0.39, 0.29) is 11.8 Å². The van der Waals surface area contributed by atoms with Crippen LogP contribution in [0.15, 0.2) is 20.2 Å². The van der Waals surface area contributed by atoms with E-state index in [0.29, 0.717) is 17.7 Å². The van der Waals surface area contributed by atoms with Gasteiger partial charge in [-0.1, -0.05) is 18.9 Å². The highest BCUT2D eigenvalue weighted by molar-refractivity contribution is 9.12. The molecule has 0 atom stereocenters. The van der Waals surface area contributed by atoms with E-state index in [1.165, 1.54) is 16.2 Å². The maximum absolute atomic E-state index is 12.3. The minimum absolute atomic E-state index is 0.176. The standard InChI is InChI=1S/C14H15Br2NO2S/c1-2-3-4-5-6-7-8-17-13(18)9-10(14(17)19)12(16)20-11(9)15/h2H,1,3-8H2. The second kappa shape index (κ2) is 7.00. The maximum atomic E-state index is 12.3. The molecule has 0 saturated carbocycles. The normalized spacial score (nSPS) is 14.0. The summed E-state index contributed by atoms with van der Waals surface area (Å²) in [7, 11) is 0. The second-order valence-electron chi connectivity index (χ2n) is 4.65. The zero-order valence-corrected chi connectivity index (χ0v) is 14.9. The molecule has 1 aromatic rings. The number of thiophene rings is 1. The summed E-state index contributed by atoms with van der Waals surface area (Å²) in [6.07, 6.45) is 7.06. The molecule has 0 unspecified atom stereocenters. The number of carbonyl (C=O) groups is 2. The summed E-state index contributed by atoms with van der Waals surface area (Å²) in [5.74, 6) is -0.352. The lowest BCUT2D eigenvalue weighted by atomic mass is 10.1. The smallest absolute Gasteiger partial charge is 0.263 e. The van der Waals surface area contributed by atoms with E-state index in [1.807, 2.05) is 6.08 Å². The summed E-state index contributed by atoms with van der Waals surface area (Å²) in [6.45, 7) is 4.19. The van der Waals surface area contributed by atoms with E-state index >= 15 is 0 Å². The van der Waals surface area contributed by atoms with Gasteiger partial charge in [-0.2, -0.15) is 0 Å². The highest BCUT2D eigenvalue weighted by atomic mass is 79.9. The molecule has 3 nitrogen and oxygen atoms in total. The topological polar surface area (TPSA) is 37.4 Å². The number of unbranched alkanes of at least 4 members (excludes halogenated alkanes) is 4. The molecule has 2 heterocycles. The molecular weight excluding hydrogens is 406 g/mol. The number of fused-ring (bicyclic) bond motifs is 1. The molecule has 0 aliphatic carbocycles. The average molecular weight is 421 g/mol. The Balaban J connectivity index is 1.92. The number of halogens is 2. The van der Waals surface area contributed by atoms with Crippen LogP contribution in [0.3, 0.4) is 0 Å². The first-order chi connectivity index (χ1) is 9.57. The number of nitrogens with zero attached hydrogens (tertiary/aromatic N) is 1. The molecule has 0 fully saturated rings. The van der Waals surface area contributed by atoms with Crippen LogP contribution in [0, 0.1) is 0 Å². The molecule has 0 N–H and O–H groups in total. The molecule has 108 valence electrons.